The van der Waals surface area contributed by atoms with Crippen LogP contribution in [0.3, 0.4) is 0 Å². The van der Waals surface area contributed by atoms with E-state index in [1.54, 1.807) is 0 Å². The van der Waals surface area contributed by atoms with Gasteiger partial charge in [-0.1, -0.05) is 19.1 Å². The van der Waals surface area contributed by atoms with Crippen molar-refractivity contribution in [3.05, 3.63) is 29.8 Å². The number of aliphatic hydroxyl groups excluding tert-OH is 1. The van der Waals surface area contributed by atoms with Crippen LogP contribution < -0.4 is 10.1 Å². The Hall–Kier alpha value is -1.20. The molecule has 102 valence electrons. The molecule has 0 aliphatic rings. The van der Waals surface area contributed by atoms with Gasteiger partial charge in [0.25, 0.3) is 6.43 Å². The van der Waals surface area contributed by atoms with Gasteiger partial charge in [0, 0.05) is 13.1 Å². The number of nitrogens with one attached hydrogen (secondary N) is 1. The summed E-state index contributed by atoms with van der Waals surface area (Å²) in [7, 11) is 0. The minimum absolute atomic E-state index is 0.119. The molecule has 0 aromatic heterocycles. The highest BCUT2D eigenvalue weighted by Gasteiger charge is 2.15. The van der Waals surface area contributed by atoms with Crippen molar-refractivity contribution in [2.24, 2.45) is 0 Å². The highest BCUT2D eigenvalue weighted by Crippen LogP contribution is 2.12. The highest BCUT2D eigenvalue weighted by molar-refractivity contribution is 5.27. The van der Waals surface area contributed by atoms with Crippen molar-refractivity contribution in [1.29, 1.82) is 0 Å². The van der Waals surface area contributed by atoms with Gasteiger partial charge in [-0.3, -0.25) is 0 Å². The number of rotatable bonds is 8. The Morgan fingerprint density at radius 3 is 2.50 bits per heavy atom. The lowest BCUT2D eigenvalue weighted by molar-refractivity contribution is -0.00340. The van der Waals surface area contributed by atoms with Crippen LogP contribution in [0.25, 0.3) is 0 Å². The molecule has 0 saturated heterocycles. The normalized spacial score (nSPS) is 12.7. The predicted octanol–water partition coefficient (Wildman–Crippen LogP) is 2.19. The molecule has 18 heavy (non-hydrogen) atoms. The smallest absolute Gasteiger partial charge is 0.265 e. The van der Waals surface area contributed by atoms with E-state index in [4.69, 9.17) is 9.84 Å². The molecule has 0 spiro atoms. The van der Waals surface area contributed by atoms with Crippen LogP contribution in [0.5, 0.6) is 5.75 Å². The molecule has 0 amide bonds. The van der Waals surface area contributed by atoms with Crippen LogP contribution in [0.1, 0.15) is 18.9 Å². The summed E-state index contributed by atoms with van der Waals surface area (Å²) in [5.41, 5.74) is 0.959. The van der Waals surface area contributed by atoms with E-state index >= 15 is 0 Å². The third-order valence-corrected chi connectivity index (χ3v) is 2.37. The average molecular weight is 259 g/mol. The van der Waals surface area contributed by atoms with Gasteiger partial charge >= 0.3 is 0 Å². The SMILES string of the molecule is CCCOc1ccc(CNCC(O)C(F)F)cc1. The number of halogens is 2. The van der Waals surface area contributed by atoms with Crippen molar-refractivity contribution in [3.63, 3.8) is 0 Å². The largest absolute Gasteiger partial charge is 0.494 e. The van der Waals surface area contributed by atoms with Gasteiger partial charge in [0.2, 0.25) is 0 Å². The van der Waals surface area contributed by atoms with Gasteiger partial charge in [-0.25, -0.2) is 8.78 Å². The first-order valence-corrected chi connectivity index (χ1v) is 6.02. The molecule has 0 aliphatic carbocycles. The number of benzene rings is 1. The number of ether oxygens (including phenoxy) is 1. The molecule has 1 unspecified atom stereocenters. The fourth-order valence-corrected chi connectivity index (χ4v) is 1.38. The standard InChI is InChI=1S/C13H19F2NO2/c1-2-7-18-11-5-3-10(4-6-11)8-16-9-12(17)13(14)15/h3-6,12-13,16-17H,2,7-9H2,1H3. The lowest BCUT2D eigenvalue weighted by Crippen LogP contribution is -2.31. The second-order valence-corrected chi connectivity index (χ2v) is 4.03. The zero-order chi connectivity index (χ0) is 13.4. The third kappa shape index (κ3) is 5.42. The predicted molar refractivity (Wildman–Crippen MR) is 65.9 cm³/mol. The fourth-order valence-electron chi connectivity index (χ4n) is 1.38. The van der Waals surface area contributed by atoms with Crippen LogP contribution in [0.2, 0.25) is 0 Å². The summed E-state index contributed by atoms with van der Waals surface area (Å²) in [4.78, 5) is 0. The number of alkyl halides is 2. The molecule has 2 N–H and O–H groups in total. The zero-order valence-electron chi connectivity index (χ0n) is 10.4. The Labute approximate surface area is 106 Å². The minimum atomic E-state index is -2.71. The molecule has 0 bridgehead atoms. The molecule has 1 atom stereocenters. The molecule has 1 aromatic carbocycles. The van der Waals surface area contributed by atoms with Crippen LogP contribution >= 0.6 is 0 Å². The molecule has 0 heterocycles. The summed E-state index contributed by atoms with van der Waals surface area (Å²) < 4.78 is 29.5. The maximum absolute atomic E-state index is 12.0. The number of hydrogen-bond acceptors (Lipinski definition) is 3. The van der Waals surface area contributed by atoms with Crippen molar-refractivity contribution in [1.82, 2.24) is 5.32 Å². The Morgan fingerprint density at radius 2 is 1.94 bits per heavy atom. The Bertz CT molecular complexity index is 330. The minimum Gasteiger partial charge on any atom is -0.494 e. The Morgan fingerprint density at radius 1 is 1.28 bits per heavy atom. The summed E-state index contributed by atoms with van der Waals surface area (Å²) in [5, 5.41) is 11.7. The van der Waals surface area contributed by atoms with Crippen LogP contribution in [0, 0.1) is 0 Å². The van der Waals surface area contributed by atoms with Crippen LogP contribution in [0.4, 0.5) is 8.78 Å². The van der Waals surface area contributed by atoms with Crippen molar-refractivity contribution >= 4 is 0 Å². The maximum Gasteiger partial charge on any atom is 0.265 e. The van der Waals surface area contributed by atoms with Gasteiger partial charge in [-0.2, -0.15) is 0 Å². The van der Waals surface area contributed by atoms with Gasteiger partial charge in [-0.15, -0.1) is 0 Å². The van der Waals surface area contributed by atoms with Crippen LogP contribution in [-0.4, -0.2) is 30.8 Å². The molecule has 3 nitrogen and oxygen atoms in total. The summed E-state index contributed by atoms with van der Waals surface area (Å²) in [5.74, 6) is 0.799. The van der Waals surface area contributed by atoms with Crippen LogP contribution in [-0.2, 0) is 6.54 Å². The van der Waals surface area contributed by atoms with E-state index in [9.17, 15) is 8.78 Å². The molecular formula is C13H19F2NO2. The van der Waals surface area contributed by atoms with Crippen LogP contribution in [0.15, 0.2) is 24.3 Å². The molecule has 5 heteroatoms. The highest BCUT2D eigenvalue weighted by atomic mass is 19.3. The maximum atomic E-state index is 12.0. The average Bonchev–Trinajstić information content (AvgIpc) is 2.37. The summed E-state index contributed by atoms with van der Waals surface area (Å²) >= 11 is 0. The molecular weight excluding hydrogens is 240 g/mol. The molecule has 0 saturated carbocycles. The van der Waals surface area contributed by atoms with E-state index < -0.39 is 12.5 Å². The van der Waals surface area contributed by atoms with Crippen molar-refractivity contribution in [3.8, 4) is 5.75 Å². The topological polar surface area (TPSA) is 41.5 Å². The molecule has 0 aliphatic heterocycles. The first-order chi connectivity index (χ1) is 8.63. The van der Waals surface area contributed by atoms with E-state index in [1.165, 1.54) is 0 Å². The summed E-state index contributed by atoms with van der Waals surface area (Å²) in [6, 6.07) is 7.42. The van der Waals surface area contributed by atoms with E-state index in [-0.39, 0.29) is 6.54 Å². The van der Waals surface area contributed by atoms with E-state index in [1.807, 2.05) is 31.2 Å². The number of hydrogen-bond donors (Lipinski definition) is 2. The van der Waals surface area contributed by atoms with Gasteiger partial charge in [0.1, 0.15) is 11.9 Å². The van der Waals surface area contributed by atoms with Crippen molar-refractivity contribution < 1.29 is 18.6 Å². The third-order valence-electron chi connectivity index (χ3n) is 2.37. The van der Waals surface area contributed by atoms with E-state index in [0.29, 0.717) is 13.2 Å². The Balaban J connectivity index is 2.30. The van der Waals surface area contributed by atoms with Gasteiger partial charge in [-0.05, 0) is 24.1 Å². The first kappa shape index (κ1) is 14.9. The summed E-state index contributed by atoms with van der Waals surface area (Å²) in [6.45, 7) is 3.04. The molecule has 1 rings (SSSR count). The van der Waals surface area contributed by atoms with Gasteiger partial charge in [0.05, 0.1) is 6.61 Å². The van der Waals surface area contributed by atoms with E-state index in [2.05, 4.69) is 5.32 Å². The molecule has 1 aromatic rings. The van der Waals surface area contributed by atoms with Crippen molar-refractivity contribution in [2.75, 3.05) is 13.2 Å². The lowest BCUT2D eigenvalue weighted by atomic mass is 10.2. The lowest BCUT2D eigenvalue weighted by Gasteiger charge is -2.11. The van der Waals surface area contributed by atoms with Gasteiger partial charge in [0.15, 0.2) is 0 Å². The molecule has 0 radical (unpaired) electrons. The fraction of sp³-hybridized carbons (Fsp3) is 0.538. The van der Waals surface area contributed by atoms with Gasteiger partial charge < -0.3 is 15.2 Å². The quantitative estimate of drug-likeness (QED) is 0.752. The molecule has 0 fully saturated rings. The second kappa shape index (κ2) is 8.00. The second-order valence-electron chi connectivity index (χ2n) is 4.03. The van der Waals surface area contributed by atoms with Crippen molar-refractivity contribution in [2.45, 2.75) is 32.4 Å². The Kier molecular flexibility index (Phi) is 6.60. The monoisotopic (exact) mass is 259 g/mol. The zero-order valence-corrected chi connectivity index (χ0v) is 10.4. The first-order valence-electron chi connectivity index (χ1n) is 6.02. The summed E-state index contributed by atoms with van der Waals surface area (Å²) in [6.07, 6.45) is -3.37. The van der Waals surface area contributed by atoms with E-state index in [0.717, 1.165) is 17.7 Å². The number of aliphatic hydroxyl groups is 1.